The summed E-state index contributed by atoms with van der Waals surface area (Å²) in [5, 5.41) is 36.0. The van der Waals surface area contributed by atoms with E-state index >= 15 is 0 Å². The molecule has 0 fully saturated rings. The molecule has 0 atom stereocenters. The molecule has 0 amide bonds. The van der Waals surface area contributed by atoms with Crippen molar-refractivity contribution >= 4 is 146 Å². The minimum Gasteiger partial charge on any atom is -0.507 e. The fourth-order valence-corrected chi connectivity index (χ4v) is 19.4. The van der Waals surface area contributed by atoms with Gasteiger partial charge < -0.3 is 62.9 Å². The number of nitrogen functional groups attached to an aromatic ring is 2. The second-order valence-electron chi connectivity index (χ2n) is 36.2. The van der Waals surface area contributed by atoms with Crippen LogP contribution in [-0.4, -0.2) is 45.3 Å². The lowest BCUT2D eigenvalue weighted by Crippen LogP contribution is -2.29. The van der Waals surface area contributed by atoms with Gasteiger partial charge in [-0.3, -0.25) is 14.9 Å². The lowest BCUT2D eigenvalue weighted by molar-refractivity contribution is -0.384. The molecule has 0 spiro atoms. The van der Waals surface area contributed by atoms with Gasteiger partial charge in [-0.15, -0.1) is 13.0 Å². The topological polar surface area (TPSA) is 394 Å². The van der Waals surface area contributed by atoms with Crippen LogP contribution < -0.4 is 77.4 Å². The summed E-state index contributed by atoms with van der Waals surface area (Å²) in [7, 11) is 0. The molecular formula is C121H120N5O20P. The molecule has 11 aromatic carbocycles. The molecule has 7 aromatic heterocycles. The van der Waals surface area contributed by atoms with Crippen molar-refractivity contribution in [2.45, 2.75) is 149 Å². The van der Waals surface area contributed by atoms with Crippen molar-refractivity contribution in [3.8, 4) is 18.1 Å². The highest BCUT2D eigenvalue weighted by atomic mass is 31.2. The van der Waals surface area contributed by atoms with Gasteiger partial charge in [0.2, 0.25) is 0 Å². The van der Waals surface area contributed by atoms with Crippen LogP contribution in [0.5, 0.6) is 5.75 Å². The van der Waals surface area contributed by atoms with Crippen LogP contribution in [0.1, 0.15) is 135 Å². The number of para-hydroxylation sites is 2. The summed E-state index contributed by atoms with van der Waals surface area (Å²) >= 11 is 0. The number of Topliss-reactive ketones (excluding diaryl/α,β-unsaturated/α-hetero) is 1. The van der Waals surface area contributed by atoms with E-state index in [1.54, 1.807) is 79.5 Å². The van der Waals surface area contributed by atoms with Gasteiger partial charge in [0.25, 0.3) is 5.69 Å². The van der Waals surface area contributed by atoms with Gasteiger partial charge in [0.1, 0.15) is 44.8 Å². The maximum absolute atomic E-state index is 12.5. The molecule has 0 radical (unpaired) electrons. The summed E-state index contributed by atoms with van der Waals surface area (Å²) in [6.45, 7) is 36.6. The van der Waals surface area contributed by atoms with Crippen LogP contribution >= 0.6 is 6.89 Å². The summed E-state index contributed by atoms with van der Waals surface area (Å²) in [5.74, 6) is 4.15. The minimum atomic E-state index is -2.24. The van der Waals surface area contributed by atoms with E-state index in [-0.39, 0.29) is 62.5 Å². The molecule has 18 aromatic rings. The number of allylic oxidation sites excluding steroid dienone is 4. The monoisotopic (exact) mass is 1990 g/mol. The van der Waals surface area contributed by atoms with Gasteiger partial charge in [-0.1, -0.05) is 163 Å². The Balaban J connectivity index is 0.000000171. The van der Waals surface area contributed by atoms with Crippen molar-refractivity contribution in [1.82, 2.24) is 0 Å². The number of ketones is 1. The number of nitrogens with two attached hydrogens (primary N) is 2. The summed E-state index contributed by atoms with van der Waals surface area (Å²) < 4.78 is 40.9. The number of fused-ring (bicyclic) bond motifs is 7. The molecule has 0 aliphatic rings. The fraction of sp³-hybridized carbons (Fsp3) is 0.190. The first-order chi connectivity index (χ1) is 69.8. The Morgan fingerprint density at radius 2 is 0.782 bits per heavy atom. The molecule has 0 aliphatic heterocycles. The van der Waals surface area contributed by atoms with Gasteiger partial charge in [0, 0.05) is 126 Å². The van der Waals surface area contributed by atoms with E-state index in [1.165, 1.54) is 89.9 Å². The van der Waals surface area contributed by atoms with Crippen LogP contribution in [0.15, 0.2) is 379 Å². The number of nitrogens with zero attached hydrogens (tertiary/aromatic N) is 1. The molecule has 147 heavy (non-hydrogen) atoms. The SMILES string of the molecule is C#CC(C)(C)Nc1ccc2oc(=O)cc(C)c2c1.C=CC(C)(C)Nc1ccc2oc(=O)cc(C)c2c1.CC(=O)c1ccccc1O.CC(C)=CCc1c(C)ccc2oc(=O)cc(C)c12.CC(C)=CCc1c(N)ccc2oc(=O)cc(C)c12.CCOC(=O)C=P(c1ccccc1)(c1ccccc1)c1ccccc1.Cc1cc(=O)oc2ccc(N)cc12.Cc1cc(=O)oc2ccc([N+](=O)[O-])cc12.Cc1cc(=O)oc2ccccc12. The molecule has 0 bridgehead atoms. The zero-order chi connectivity index (χ0) is 107. The number of aromatic hydroxyl groups is 1. The van der Waals surface area contributed by atoms with Crippen molar-refractivity contribution in [2.24, 2.45) is 0 Å². The number of hydrogen-bond acceptors (Lipinski definition) is 24. The maximum Gasteiger partial charge on any atom is 0.336 e. The van der Waals surface area contributed by atoms with Gasteiger partial charge in [0.05, 0.1) is 22.6 Å². The third kappa shape index (κ3) is 30.8. The fourth-order valence-electron chi connectivity index (χ4n) is 15.7. The number of ether oxygens (including phenoxy) is 1. The van der Waals surface area contributed by atoms with Crippen LogP contribution in [0, 0.1) is 77.8 Å². The van der Waals surface area contributed by atoms with Crippen molar-refractivity contribution in [3.05, 3.63) is 459 Å². The third-order valence-electron chi connectivity index (χ3n) is 23.2. The zero-order valence-corrected chi connectivity index (χ0v) is 86.4. The number of non-ortho nitro benzene ring substituents is 1. The summed E-state index contributed by atoms with van der Waals surface area (Å²) in [4.78, 5) is 112. The summed E-state index contributed by atoms with van der Waals surface area (Å²) in [6, 6.07) is 83.1. The van der Waals surface area contributed by atoms with E-state index in [9.17, 15) is 53.3 Å². The number of terminal acetylenes is 1. The summed E-state index contributed by atoms with van der Waals surface area (Å²) in [6.07, 6.45) is 13.2. The van der Waals surface area contributed by atoms with Crippen molar-refractivity contribution < 1.29 is 55.3 Å². The zero-order valence-electron chi connectivity index (χ0n) is 85.5. The molecule has 7 heterocycles. The number of esters is 1. The smallest absolute Gasteiger partial charge is 0.336 e. The molecule has 25 nitrogen and oxygen atoms in total. The van der Waals surface area contributed by atoms with E-state index in [0.29, 0.717) is 67.9 Å². The number of hydrogen-bond donors (Lipinski definition) is 5. The van der Waals surface area contributed by atoms with Gasteiger partial charge in [-0.25, -0.2) is 38.4 Å². The lowest BCUT2D eigenvalue weighted by Gasteiger charge is -2.28. The molecule has 0 saturated carbocycles. The van der Waals surface area contributed by atoms with Crippen molar-refractivity contribution in [2.75, 3.05) is 28.7 Å². The number of rotatable bonds is 16. The van der Waals surface area contributed by atoms with Crippen LogP contribution in [-0.2, 0) is 22.4 Å². The van der Waals surface area contributed by atoms with Crippen LogP contribution in [0.25, 0.3) is 76.8 Å². The van der Waals surface area contributed by atoms with E-state index in [0.717, 1.165) is 117 Å². The standard InChI is InChI=1S/C22H21O2P.C16H18O2.2C15H17NO2.C15H15NO2.C10H7NO4.C10H9NO2.C10H8O2.C8H8O2/c1-2-24-22(23)18-25(19-12-6-3-7-13-19,20-14-8-4-9-15-20)21-16-10-5-11-17-21;1-10(2)5-7-13-11(3)6-8-14-16(13)12(4)9-15(17)18-14;1-9(2)4-5-11-12(16)6-7-13-15(11)10(3)8-14(17)18-13;2*1-5-15(3,4)16-11-6-7-13-12(9-11)10(2)8-14(17)18-13;1-6-4-10(12)15-9-3-2-7(11(13)14)5-8(6)9;1-6-4-10(12)13-9-3-2-7(11)5-8(6)9;1-7-6-10(11)12-9-5-3-2-4-8(7)9;1-6(9)7-4-2-3-5-8(7)10/h3-18H,2H2,1H3;5-6,8-9H,7H2,1-4H3;4,6-8H,5,16H2,1-3H3;5-9,16H,1H2,2-4H3;1,6-9,16H,2-4H3;2-5H,1H3;2-5H,11H2,1H3;2-6H,1H3;2-5,10H,1H3. The van der Waals surface area contributed by atoms with Gasteiger partial charge in [-0.2, -0.15) is 0 Å². The Morgan fingerprint density at radius 1 is 0.429 bits per heavy atom. The number of nitro groups is 1. The molecule has 0 aliphatic carbocycles. The van der Waals surface area contributed by atoms with Crippen LogP contribution in [0.3, 0.4) is 0 Å². The molecule has 26 heteroatoms. The molecule has 18 rings (SSSR count). The van der Waals surface area contributed by atoms with Gasteiger partial charge in [0.15, 0.2) is 5.78 Å². The van der Waals surface area contributed by atoms with E-state index in [4.69, 9.17) is 58.7 Å². The number of nitro benzene ring substituents is 1. The van der Waals surface area contributed by atoms with Gasteiger partial charge >= 0.3 is 45.3 Å². The molecular weight excluding hydrogens is 1870 g/mol. The Labute approximate surface area is 850 Å². The van der Waals surface area contributed by atoms with Crippen LogP contribution in [0.2, 0.25) is 0 Å². The normalized spacial score (nSPS) is 10.7. The molecule has 754 valence electrons. The number of phenolic OH excluding ortho intramolecular Hbond substituents is 1. The number of nitrogens with one attached hydrogen (secondary N) is 2. The molecule has 7 N–H and O–H groups in total. The average molecular weight is 2000 g/mol. The average Bonchev–Trinajstić information content (AvgIpc) is 0.748. The van der Waals surface area contributed by atoms with Gasteiger partial charge in [-0.05, 0) is 313 Å². The third-order valence-corrected chi connectivity index (χ3v) is 27.1. The first kappa shape index (κ1) is 111. The van der Waals surface area contributed by atoms with E-state index < -0.39 is 23.0 Å². The molecule has 0 unspecified atom stereocenters. The number of aryl methyl sites for hydroxylation is 8. The summed E-state index contributed by atoms with van der Waals surface area (Å²) in [5.41, 5.74) is 28.7. The maximum atomic E-state index is 12.5. The number of benzene rings is 11. The predicted octanol–water partition coefficient (Wildman–Crippen LogP) is 24.2. The second-order valence-corrected chi connectivity index (χ2v) is 39.4. The van der Waals surface area contributed by atoms with Crippen molar-refractivity contribution in [3.63, 3.8) is 0 Å². The highest BCUT2D eigenvalue weighted by Gasteiger charge is 2.28. The second kappa shape index (κ2) is 50.9. The molecule has 0 saturated heterocycles. The predicted molar refractivity (Wildman–Crippen MR) is 597 cm³/mol. The Kier molecular flexibility index (Phi) is 38.6. The Morgan fingerprint density at radius 3 is 1.20 bits per heavy atom. The van der Waals surface area contributed by atoms with E-state index in [2.05, 4.69) is 92.5 Å². The number of carbonyl (C=O) groups is 2. The largest absolute Gasteiger partial charge is 0.507 e. The Bertz CT molecular complexity index is 8280. The minimum absolute atomic E-state index is 0.0144. The first-order valence-electron chi connectivity index (χ1n) is 47.0. The number of carbonyl (C=O) groups excluding carboxylic acids is 2. The quantitative estimate of drug-likeness (QED) is 0.00690. The van der Waals surface area contributed by atoms with Crippen LogP contribution in [0.4, 0.5) is 28.4 Å². The van der Waals surface area contributed by atoms with Crippen molar-refractivity contribution in [1.29, 1.82) is 0 Å². The highest BCUT2D eigenvalue weighted by Crippen LogP contribution is 2.44. The first-order valence-corrected chi connectivity index (χ1v) is 48.9. The lowest BCUT2D eigenvalue weighted by atomic mass is 9.97. The van der Waals surface area contributed by atoms with E-state index in [1.807, 2.05) is 211 Å². The number of phenols is 1. The Hall–Kier alpha value is -17.5. The highest BCUT2D eigenvalue weighted by molar-refractivity contribution is 7.95. The number of anilines is 4.